The molecule has 0 aliphatic carbocycles. The first-order valence-corrected chi connectivity index (χ1v) is 8.79. The van der Waals surface area contributed by atoms with Crippen molar-refractivity contribution in [3.05, 3.63) is 47.5 Å². The molecule has 2 amide bonds. The lowest BCUT2D eigenvalue weighted by Gasteiger charge is -2.39. The van der Waals surface area contributed by atoms with Gasteiger partial charge in [0, 0.05) is 26.1 Å². The van der Waals surface area contributed by atoms with Gasteiger partial charge in [0.25, 0.3) is 0 Å². The molecule has 3 heterocycles. The van der Waals surface area contributed by atoms with Gasteiger partial charge < -0.3 is 9.80 Å². The third-order valence-corrected chi connectivity index (χ3v) is 4.94. The van der Waals surface area contributed by atoms with Crippen LogP contribution >= 0.6 is 0 Å². The Morgan fingerprint density at radius 3 is 2.69 bits per heavy atom. The van der Waals surface area contributed by atoms with Gasteiger partial charge in [0.2, 0.25) is 11.8 Å². The van der Waals surface area contributed by atoms with E-state index in [2.05, 4.69) is 10.3 Å². The number of hydrogen-bond acceptors (Lipinski definition) is 4. The number of rotatable bonds is 5. The molecule has 0 atom stereocenters. The van der Waals surface area contributed by atoms with Gasteiger partial charge in [0.15, 0.2) is 0 Å². The van der Waals surface area contributed by atoms with Crippen LogP contribution in [0.3, 0.4) is 0 Å². The van der Waals surface area contributed by atoms with E-state index in [1.807, 2.05) is 6.20 Å². The van der Waals surface area contributed by atoms with Gasteiger partial charge in [-0.1, -0.05) is 17.3 Å². The van der Waals surface area contributed by atoms with E-state index in [0.717, 1.165) is 24.2 Å². The third kappa shape index (κ3) is 3.44. The lowest BCUT2D eigenvalue weighted by molar-refractivity contribution is -0.136. The molecule has 1 aromatic carbocycles. The van der Waals surface area contributed by atoms with E-state index in [1.54, 1.807) is 26.6 Å². The fraction of sp³-hybridized carbons (Fsp3) is 0.444. The number of amides is 2. The molecule has 2 saturated heterocycles. The zero-order valence-corrected chi connectivity index (χ0v) is 14.3. The number of nitrogens with zero attached hydrogens (tertiary/aromatic N) is 5. The summed E-state index contributed by atoms with van der Waals surface area (Å²) in [6.45, 7) is 2.45. The summed E-state index contributed by atoms with van der Waals surface area (Å²) in [7, 11) is 0. The summed E-state index contributed by atoms with van der Waals surface area (Å²) in [5.41, 5.74) is 1.58. The zero-order valence-electron chi connectivity index (χ0n) is 14.3. The average molecular weight is 357 g/mol. The molecule has 0 bridgehead atoms. The van der Waals surface area contributed by atoms with Gasteiger partial charge in [-0.15, -0.1) is 5.10 Å². The first-order valence-electron chi connectivity index (χ1n) is 8.79. The predicted octanol–water partition coefficient (Wildman–Crippen LogP) is 1.17. The number of hydrogen-bond donors (Lipinski definition) is 0. The molecule has 2 aliphatic heterocycles. The lowest BCUT2D eigenvalue weighted by Crippen LogP contribution is -2.51. The third-order valence-electron chi connectivity index (χ3n) is 4.94. The van der Waals surface area contributed by atoms with Crippen molar-refractivity contribution in [2.24, 2.45) is 0 Å². The Morgan fingerprint density at radius 1 is 1.23 bits per heavy atom. The molecule has 1 aromatic heterocycles. The van der Waals surface area contributed by atoms with E-state index in [0.29, 0.717) is 26.1 Å². The zero-order chi connectivity index (χ0) is 18.1. The number of aromatic nitrogens is 3. The Bertz CT molecular complexity index is 813. The van der Waals surface area contributed by atoms with Gasteiger partial charge in [-0.3, -0.25) is 9.59 Å². The Kier molecular flexibility index (Phi) is 4.40. The van der Waals surface area contributed by atoms with Crippen molar-refractivity contribution in [2.45, 2.75) is 31.8 Å². The van der Waals surface area contributed by atoms with E-state index >= 15 is 0 Å². The molecule has 0 saturated carbocycles. The minimum absolute atomic E-state index is 0.0239. The van der Waals surface area contributed by atoms with Gasteiger partial charge in [-0.05, 0) is 24.1 Å². The van der Waals surface area contributed by atoms with Gasteiger partial charge in [0.1, 0.15) is 11.5 Å². The molecule has 2 aliphatic rings. The SMILES string of the molecule is O=C1CCCN1Cc1cn(C2CN(C(=O)Cc3ccc(F)cc3)C2)nn1. The topological polar surface area (TPSA) is 71.3 Å². The average Bonchev–Trinajstić information content (AvgIpc) is 3.19. The quantitative estimate of drug-likeness (QED) is 0.805. The summed E-state index contributed by atoms with van der Waals surface area (Å²) in [6.07, 6.45) is 3.65. The maximum absolute atomic E-state index is 12.9. The van der Waals surface area contributed by atoms with Crippen molar-refractivity contribution in [2.75, 3.05) is 19.6 Å². The largest absolute Gasteiger partial charge is 0.338 e. The van der Waals surface area contributed by atoms with E-state index < -0.39 is 0 Å². The molecule has 26 heavy (non-hydrogen) atoms. The van der Waals surface area contributed by atoms with Crippen molar-refractivity contribution in [3.8, 4) is 0 Å². The predicted molar refractivity (Wildman–Crippen MR) is 90.4 cm³/mol. The van der Waals surface area contributed by atoms with E-state index in [1.165, 1.54) is 12.1 Å². The summed E-state index contributed by atoms with van der Waals surface area (Å²) < 4.78 is 14.7. The number of carbonyl (C=O) groups is 2. The molecule has 0 N–H and O–H groups in total. The van der Waals surface area contributed by atoms with Crippen molar-refractivity contribution in [3.63, 3.8) is 0 Å². The smallest absolute Gasteiger partial charge is 0.227 e. The fourth-order valence-corrected chi connectivity index (χ4v) is 3.35. The second-order valence-corrected chi connectivity index (χ2v) is 6.86. The summed E-state index contributed by atoms with van der Waals surface area (Å²) in [6, 6.07) is 6.11. The molecule has 0 unspecified atom stereocenters. The van der Waals surface area contributed by atoms with Crippen LogP contribution in [0.25, 0.3) is 0 Å². The van der Waals surface area contributed by atoms with Crippen LogP contribution in [0.2, 0.25) is 0 Å². The Hall–Kier alpha value is -2.77. The van der Waals surface area contributed by atoms with Crippen LogP contribution in [-0.4, -0.2) is 56.2 Å². The normalized spacial score (nSPS) is 17.7. The first kappa shape index (κ1) is 16.7. The maximum atomic E-state index is 12.9. The molecule has 2 fully saturated rings. The summed E-state index contributed by atoms with van der Waals surface area (Å²) in [4.78, 5) is 27.5. The highest BCUT2D eigenvalue weighted by Gasteiger charge is 2.32. The van der Waals surface area contributed by atoms with Gasteiger partial charge in [0.05, 0.1) is 25.2 Å². The summed E-state index contributed by atoms with van der Waals surface area (Å²) >= 11 is 0. The monoisotopic (exact) mass is 357 g/mol. The van der Waals surface area contributed by atoms with Crippen LogP contribution in [0.15, 0.2) is 30.5 Å². The second-order valence-electron chi connectivity index (χ2n) is 6.86. The molecule has 0 radical (unpaired) electrons. The molecular weight excluding hydrogens is 337 g/mol. The number of likely N-dealkylation sites (tertiary alicyclic amines) is 2. The van der Waals surface area contributed by atoms with Gasteiger partial charge in [-0.2, -0.15) is 0 Å². The van der Waals surface area contributed by atoms with Crippen molar-refractivity contribution in [1.29, 1.82) is 0 Å². The van der Waals surface area contributed by atoms with Crippen molar-refractivity contribution < 1.29 is 14.0 Å². The maximum Gasteiger partial charge on any atom is 0.227 e. The highest BCUT2D eigenvalue weighted by Crippen LogP contribution is 2.22. The standard InChI is InChI=1S/C18H20FN5O2/c19-14-5-3-13(4-6-14)8-18(26)23-11-16(12-23)24-10-15(20-21-24)9-22-7-1-2-17(22)25/h3-6,10,16H,1-2,7-9,11-12H2. The second kappa shape index (κ2) is 6.86. The van der Waals surface area contributed by atoms with Crippen molar-refractivity contribution in [1.82, 2.24) is 24.8 Å². The van der Waals surface area contributed by atoms with E-state index in [4.69, 9.17) is 0 Å². The summed E-state index contributed by atoms with van der Waals surface area (Å²) in [5, 5.41) is 8.28. The number of carbonyl (C=O) groups excluding carboxylic acids is 2. The lowest BCUT2D eigenvalue weighted by atomic mass is 10.1. The van der Waals surface area contributed by atoms with Crippen molar-refractivity contribution >= 4 is 11.8 Å². The molecule has 0 spiro atoms. The Balaban J connectivity index is 1.28. The summed E-state index contributed by atoms with van der Waals surface area (Å²) in [5.74, 6) is -0.112. The van der Waals surface area contributed by atoms with Crippen LogP contribution in [0.4, 0.5) is 4.39 Å². The van der Waals surface area contributed by atoms with E-state index in [9.17, 15) is 14.0 Å². The molecular formula is C18H20FN5O2. The molecule has 4 rings (SSSR count). The number of benzene rings is 1. The first-order chi connectivity index (χ1) is 12.6. The molecule has 2 aromatic rings. The fourth-order valence-electron chi connectivity index (χ4n) is 3.35. The molecule has 136 valence electrons. The molecule has 8 heteroatoms. The minimum atomic E-state index is -0.303. The van der Waals surface area contributed by atoms with Gasteiger partial charge >= 0.3 is 0 Å². The minimum Gasteiger partial charge on any atom is -0.338 e. The van der Waals surface area contributed by atoms with Crippen LogP contribution in [0.1, 0.15) is 30.1 Å². The highest BCUT2D eigenvalue weighted by atomic mass is 19.1. The van der Waals surface area contributed by atoms with Crippen LogP contribution in [0.5, 0.6) is 0 Å². The van der Waals surface area contributed by atoms with Crippen LogP contribution in [-0.2, 0) is 22.6 Å². The highest BCUT2D eigenvalue weighted by molar-refractivity contribution is 5.79. The molecule has 7 nitrogen and oxygen atoms in total. The van der Waals surface area contributed by atoms with Gasteiger partial charge in [-0.25, -0.2) is 9.07 Å². The van der Waals surface area contributed by atoms with Crippen LogP contribution < -0.4 is 0 Å². The Morgan fingerprint density at radius 2 is 2.00 bits per heavy atom. The van der Waals surface area contributed by atoms with E-state index in [-0.39, 0.29) is 30.1 Å². The number of halogens is 1. The van der Waals surface area contributed by atoms with Crippen LogP contribution in [0, 0.1) is 5.82 Å². The Labute approximate surface area is 150 Å².